The lowest BCUT2D eigenvalue weighted by Gasteiger charge is -2.12. The molecule has 1 aliphatic heterocycles. The van der Waals surface area contributed by atoms with Crippen molar-refractivity contribution in [3.8, 4) is 0 Å². The van der Waals surface area contributed by atoms with Crippen molar-refractivity contribution in [2.45, 2.75) is 51.7 Å². The highest BCUT2D eigenvalue weighted by Crippen LogP contribution is 2.18. The fraction of sp³-hybridized carbons (Fsp3) is 0.917. The number of carbonyl (C=O) groups is 1. The fourth-order valence-corrected chi connectivity index (χ4v) is 1.89. The topological polar surface area (TPSA) is 64.3 Å². The third-order valence-corrected chi connectivity index (χ3v) is 3.10. The summed E-state index contributed by atoms with van der Waals surface area (Å²) in [7, 11) is 0. The van der Waals surface area contributed by atoms with Crippen LogP contribution in [0.3, 0.4) is 0 Å². The predicted molar refractivity (Wildman–Crippen MR) is 64.0 cm³/mol. The van der Waals surface area contributed by atoms with Crippen LogP contribution in [0.5, 0.6) is 0 Å². The summed E-state index contributed by atoms with van der Waals surface area (Å²) in [5.41, 5.74) is 5.52. The molecule has 1 amide bonds. The van der Waals surface area contributed by atoms with Crippen LogP contribution in [0.1, 0.15) is 39.5 Å². The van der Waals surface area contributed by atoms with Crippen molar-refractivity contribution in [3.05, 3.63) is 0 Å². The van der Waals surface area contributed by atoms with E-state index in [0.29, 0.717) is 5.92 Å². The molecule has 16 heavy (non-hydrogen) atoms. The molecule has 0 saturated carbocycles. The highest BCUT2D eigenvalue weighted by atomic mass is 16.5. The summed E-state index contributed by atoms with van der Waals surface area (Å²) in [4.78, 5) is 11.6. The third-order valence-electron chi connectivity index (χ3n) is 3.10. The van der Waals surface area contributed by atoms with Crippen molar-refractivity contribution in [3.63, 3.8) is 0 Å². The van der Waals surface area contributed by atoms with Crippen LogP contribution in [-0.2, 0) is 9.53 Å². The Bertz CT molecular complexity index is 221. The summed E-state index contributed by atoms with van der Waals surface area (Å²) >= 11 is 0. The minimum atomic E-state index is -0.220. The number of hydrogen-bond donors (Lipinski definition) is 2. The van der Waals surface area contributed by atoms with Crippen LogP contribution in [-0.4, -0.2) is 31.2 Å². The van der Waals surface area contributed by atoms with Crippen molar-refractivity contribution >= 4 is 5.91 Å². The summed E-state index contributed by atoms with van der Waals surface area (Å²) in [6.07, 6.45) is 3.91. The largest absolute Gasteiger partial charge is 0.365 e. The maximum absolute atomic E-state index is 11.6. The quantitative estimate of drug-likeness (QED) is 0.668. The molecule has 0 spiro atoms. The molecule has 4 heteroatoms. The second-order valence-electron chi connectivity index (χ2n) is 4.79. The van der Waals surface area contributed by atoms with Gasteiger partial charge < -0.3 is 15.8 Å². The van der Waals surface area contributed by atoms with Gasteiger partial charge in [-0.2, -0.15) is 0 Å². The van der Waals surface area contributed by atoms with Gasteiger partial charge in [0.1, 0.15) is 6.10 Å². The molecule has 0 aliphatic carbocycles. The van der Waals surface area contributed by atoms with Crippen molar-refractivity contribution in [1.82, 2.24) is 5.32 Å². The maximum atomic E-state index is 11.6. The molecule has 1 saturated heterocycles. The molecule has 4 nitrogen and oxygen atoms in total. The van der Waals surface area contributed by atoms with Crippen LogP contribution in [0.15, 0.2) is 0 Å². The zero-order chi connectivity index (χ0) is 12.0. The Morgan fingerprint density at radius 3 is 2.88 bits per heavy atom. The lowest BCUT2D eigenvalue weighted by Crippen LogP contribution is -2.35. The van der Waals surface area contributed by atoms with Crippen LogP contribution in [0.4, 0.5) is 0 Å². The Hall–Kier alpha value is -0.610. The van der Waals surface area contributed by atoms with E-state index in [4.69, 9.17) is 10.5 Å². The van der Waals surface area contributed by atoms with E-state index in [1.807, 2.05) is 6.92 Å². The molecular formula is C12H24N2O2. The molecule has 0 bridgehead atoms. The number of nitrogens with two attached hydrogens (primary N) is 1. The van der Waals surface area contributed by atoms with E-state index in [1.54, 1.807) is 0 Å². The molecule has 0 aromatic heterocycles. The first-order chi connectivity index (χ1) is 7.63. The zero-order valence-corrected chi connectivity index (χ0v) is 10.4. The fourth-order valence-electron chi connectivity index (χ4n) is 1.89. The molecule has 1 heterocycles. The van der Waals surface area contributed by atoms with E-state index in [0.717, 1.165) is 38.8 Å². The van der Waals surface area contributed by atoms with E-state index >= 15 is 0 Å². The highest BCUT2D eigenvalue weighted by Gasteiger charge is 2.27. The number of amides is 1. The van der Waals surface area contributed by atoms with Crippen molar-refractivity contribution < 1.29 is 9.53 Å². The summed E-state index contributed by atoms with van der Waals surface area (Å²) in [6, 6.07) is 0. The number of hydrogen-bond acceptors (Lipinski definition) is 3. The van der Waals surface area contributed by atoms with Gasteiger partial charge in [-0.15, -0.1) is 0 Å². The van der Waals surface area contributed by atoms with E-state index in [-0.39, 0.29) is 18.1 Å². The maximum Gasteiger partial charge on any atom is 0.249 e. The molecular weight excluding hydrogens is 204 g/mol. The Balaban J connectivity index is 2.06. The molecule has 1 rings (SSSR count). The first kappa shape index (κ1) is 13.5. The predicted octanol–water partition coefficient (Wildman–Crippen LogP) is 1.05. The normalized spacial score (nSPS) is 26.7. The second kappa shape index (κ2) is 6.86. The third kappa shape index (κ3) is 4.49. The molecule has 0 aromatic rings. The highest BCUT2D eigenvalue weighted by molar-refractivity contribution is 5.80. The lowest BCUT2D eigenvalue weighted by molar-refractivity contribution is -0.131. The minimum Gasteiger partial charge on any atom is -0.365 e. The van der Waals surface area contributed by atoms with Crippen LogP contribution < -0.4 is 11.1 Å². The molecule has 94 valence electrons. The van der Waals surface area contributed by atoms with E-state index in [9.17, 15) is 4.79 Å². The second-order valence-corrected chi connectivity index (χ2v) is 4.79. The van der Waals surface area contributed by atoms with Crippen molar-refractivity contribution in [2.24, 2.45) is 11.7 Å². The monoisotopic (exact) mass is 228 g/mol. The van der Waals surface area contributed by atoms with Crippen LogP contribution in [0.2, 0.25) is 0 Å². The van der Waals surface area contributed by atoms with Gasteiger partial charge in [0.15, 0.2) is 0 Å². The Morgan fingerprint density at radius 2 is 2.31 bits per heavy atom. The summed E-state index contributed by atoms with van der Waals surface area (Å²) in [5, 5.41) is 2.92. The van der Waals surface area contributed by atoms with Gasteiger partial charge in [-0.05, 0) is 45.1 Å². The summed E-state index contributed by atoms with van der Waals surface area (Å²) < 4.78 is 5.49. The molecule has 0 aromatic carbocycles. The van der Waals surface area contributed by atoms with E-state index in [1.165, 1.54) is 0 Å². The molecule has 3 atom stereocenters. The Morgan fingerprint density at radius 1 is 1.56 bits per heavy atom. The smallest absolute Gasteiger partial charge is 0.249 e. The molecule has 1 fully saturated rings. The van der Waals surface area contributed by atoms with Crippen molar-refractivity contribution in [2.75, 3.05) is 13.1 Å². The summed E-state index contributed by atoms with van der Waals surface area (Å²) in [6.45, 7) is 5.59. The van der Waals surface area contributed by atoms with Gasteiger partial charge in [0.05, 0.1) is 6.10 Å². The standard InChI is InChI=1S/C12H24N2O2/c1-9(8-13)4-3-7-14-12(15)11-6-5-10(2)16-11/h9-11H,3-8,13H2,1-2H3,(H,14,15). The van der Waals surface area contributed by atoms with Gasteiger partial charge in [-0.25, -0.2) is 0 Å². The first-order valence-electron chi connectivity index (χ1n) is 6.26. The average molecular weight is 228 g/mol. The van der Waals surface area contributed by atoms with Crippen LogP contribution in [0, 0.1) is 5.92 Å². The van der Waals surface area contributed by atoms with Gasteiger partial charge in [0.25, 0.3) is 0 Å². The van der Waals surface area contributed by atoms with Gasteiger partial charge in [0, 0.05) is 6.54 Å². The van der Waals surface area contributed by atoms with Gasteiger partial charge in [0.2, 0.25) is 5.91 Å². The van der Waals surface area contributed by atoms with Crippen LogP contribution in [0.25, 0.3) is 0 Å². The van der Waals surface area contributed by atoms with E-state index in [2.05, 4.69) is 12.2 Å². The Labute approximate surface area is 97.9 Å². The summed E-state index contributed by atoms with van der Waals surface area (Å²) in [5.74, 6) is 0.587. The Kier molecular flexibility index (Phi) is 5.77. The lowest BCUT2D eigenvalue weighted by atomic mass is 10.1. The number of carbonyl (C=O) groups excluding carboxylic acids is 1. The first-order valence-corrected chi connectivity index (χ1v) is 6.26. The number of nitrogens with one attached hydrogen (secondary N) is 1. The average Bonchev–Trinajstić information content (AvgIpc) is 2.70. The minimum absolute atomic E-state index is 0.0461. The van der Waals surface area contributed by atoms with Gasteiger partial charge in [-0.1, -0.05) is 6.92 Å². The molecule has 3 N–H and O–H groups in total. The van der Waals surface area contributed by atoms with Crippen molar-refractivity contribution in [1.29, 1.82) is 0 Å². The SMILES string of the molecule is CC(CN)CCCNC(=O)C1CCC(C)O1. The molecule has 3 unspecified atom stereocenters. The molecule has 1 aliphatic rings. The van der Waals surface area contributed by atoms with Gasteiger partial charge in [-0.3, -0.25) is 4.79 Å². The number of ether oxygens (including phenoxy) is 1. The zero-order valence-electron chi connectivity index (χ0n) is 10.4. The molecule has 0 radical (unpaired) electrons. The van der Waals surface area contributed by atoms with E-state index < -0.39 is 0 Å². The van der Waals surface area contributed by atoms with Gasteiger partial charge >= 0.3 is 0 Å². The van der Waals surface area contributed by atoms with Crippen LogP contribution >= 0.6 is 0 Å². The number of rotatable bonds is 6.